The molecule has 0 radical (unpaired) electrons. The van der Waals surface area contributed by atoms with Crippen LogP contribution in [0.25, 0.3) is 0 Å². The molecule has 0 aliphatic heterocycles. The van der Waals surface area contributed by atoms with Crippen molar-refractivity contribution < 1.29 is 0 Å². The van der Waals surface area contributed by atoms with Gasteiger partial charge in [0.15, 0.2) is 5.96 Å². The predicted octanol–water partition coefficient (Wildman–Crippen LogP) is 1.43. The van der Waals surface area contributed by atoms with E-state index in [4.69, 9.17) is 5.73 Å². The van der Waals surface area contributed by atoms with Crippen molar-refractivity contribution in [3.8, 4) is 0 Å². The van der Waals surface area contributed by atoms with Gasteiger partial charge in [-0.15, -0.1) is 11.3 Å². The number of guanidine groups is 1. The van der Waals surface area contributed by atoms with Crippen LogP contribution in [0.2, 0.25) is 0 Å². The minimum atomic E-state index is 0.335. The van der Waals surface area contributed by atoms with Crippen LogP contribution in [-0.2, 0) is 0 Å². The standard InChI is InChI=1S/C10H18N4S/c1-7(5-13-10(11)14(3)4)9-12-6-8(2)15-9/h6-7H,5H2,1-4H3,(H2,11,13)/t7-/m0/s1. The van der Waals surface area contributed by atoms with Crippen molar-refractivity contribution in [2.45, 2.75) is 19.8 Å². The van der Waals surface area contributed by atoms with Crippen LogP contribution < -0.4 is 5.73 Å². The Kier molecular flexibility index (Phi) is 4.08. The SMILES string of the molecule is Cc1cnc([C@@H](C)CN=C(N)N(C)C)s1. The number of aryl methyl sites for hydroxylation is 1. The van der Waals surface area contributed by atoms with E-state index in [0.29, 0.717) is 18.4 Å². The van der Waals surface area contributed by atoms with E-state index in [9.17, 15) is 0 Å². The van der Waals surface area contributed by atoms with Gasteiger partial charge in [0.1, 0.15) is 0 Å². The van der Waals surface area contributed by atoms with Gasteiger partial charge in [-0.3, -0.25) is 4.99 Å². The van der Waals surface area contributed by atoms with E-state index >= 15 is 0 Å². The fraction of sp³-hybridized carbons (Fsp3) is 0.600. The Morgan fingerprint density at radius 3 is 2.80 bits per heavy atom. The Morgan fingerprint density at radius 1 is 1.67 bits per heavy atom. The van der Waals surface area contributed by atoms with Gasteiger partial charge >= 0.3 is 0 Å². The molecule has 1 heterocycles. The molecule has 0 saturated carbocycles. The second-order valence-corrected chi connectivity index (χ2v) is 5.07. The summed E-state index contributed by atoms with van der Waals surface area (Å²) in [4.78, 5) is 11.7. The van der Waals surface area contributed by atoms with Crippen LogP contribution in [-0.4, -0.2) is 36.5 Å². The number of nitrogens with two attached hydrogens (primary N) is 1. The molecule has 0 amide bonds. The molecule has 84 valence electrons. The van der Waals surface area contributed by atoms with Crippen molar-refractivity contribution in [2.75, 3.05) is 20.6 Å². The second kappa shape index (κ2) is 5.11. The first-order valence-corrected chi connectivity index (χ1v) is 5.72. The lowest BCUT2D eigenvalue weighted by Gasteiger charge is -2.11. The molecule has 0 unspecified atom stereocenters. The van der Waals surface area contributed by atoms with Crippen molar-refractivity contribution in [1.29, 1.82) is 0 Å². The molecule has 0 fully saturated rings. The highest BCUT2D eigenvalue weighted by Gasteiger charge is 2.09. The van der Waals surface area contributed by atoms with Crippen molar-refractivity contribution in [3.05, 3.63) is 16.1 Å². The van der Waals surface area contributed by atoms with E-state index in [1.165, 1.54) is 4.88 Å². The van der Waals surface area contributed by atoms with Crippen LogP contribution in [0.5, 0.6) is 0 Å². The van der Waals surface area contributed by atoms with Crippen LogP contribution in [0.1, 0.15) is 22.7 Å². The van der Waals surface area contributed by atoms with Gasteiger partial charge in [-0.2, -0.15) is 0 Å². The normalized spacial score (nSPS) is 14.0. The summed E-state index contributed by atoms with van der Waals surface area (Å²) in [6.07, 6.45) is 1.90. The zero-order valence-corrected chi connectivity index (χ0v) is 10.5. The van der Waals surface area contributed by atoms with Crippen LogP contribution in [0.3, 0.4) is 0 Å². The molecule has 0 aromatic carbocycles. The van der Waals surface area contributed by atoms with Crippen LogP contribution in [0.15, 0.2) is 11.2 Å². The van der Waals surface area contributed by atoms with Gasteiger partial charge in [0.2, 0.25) is 0 Å². The Bertz CT molecular complexity index is 343. The summed E-state index contributed by atoms with van der Waals surface area (Å²) in [6.45, 7) is 4.87. The van der Waals surface area contributed by atoms with Crippen molar-refractivity contribution in [2.24, 2.45) is 10.7 Å². The zero-order valence-electron chi connectivity index (χ0n) is 9.69. The van der Waals surface area contributed by atoms with Crippen molar-refractivity contribution >= 4 is 17.3 Å². The number of hydrogen-bond acceptors (Lipinski definition) is 3. The molecule has 0 spiro atoms. The van der Waals surface area contributed by atoms with E-state index in [0.717, 1.165) is 5.01 Å². The molecule has 0 aliphatic carbocycles. The third kappa shape index (κ3) is 3.51. The first-order chi connectivity index (χ1) is 7.00. The van der Waals surface area contributed by atoms with Crippen molar-refractivity contribution in [3.63, 3.8) is 0 Å². The minimum absolute atomic E-state index is 0.335. The third-order valence-corrected chi connectivity index (χ3v) is 3.19. The molecule has 0 aliphatic rings. The van der Waals surface area contributed by atoms with E-state index in [1.54, 1.807) is 16.2 Å². The molecule has 1 aromatic rings. The molecule has 0 saturated heterocycles. The van der Waals surface area contributed by atoms with E-state index in [1.807, 2.05) is 20.3 Å². The molecule has 1 aromatic heterocycles. The Balaban J connectivity index is 2.57. The van der Waals surface area contributed by atoms with Gasteiger partial charge in [0.05, 0.1) is 11.6 Å². The third-order valence-electron chi connectivity index (χ3n) is 2.05. The van der Waals surface area contributed by atoms with Crippen LogP contribution in [0, 0.1) is 6.92 Å². The largest absolute Gasteiger partial charge is 0.370 e. The fourth-order valence-electron chi connectivity index (χ4n) is 1.05. The Hall–Kier alpha value is -1.10. The lowest BCUT2D eigenvalue weighted by molar-refractivity contribution is 0.605. The van der Waals surface area contributed by atoms with Crippen molar-refractivity contribution in [1.82, 2.24) is 9.88 Å². The summed E-state index contributed by atoms with van der Waals surface area (Å²) >= 11 is 1.72. The topological polar surface area (TPSA) is 54.5 Å². The maximum atomic E-state index is 5.71. The lowest BCUT2D eigenvalue weighted by Crippen LogP contribution is -2.30. The van der Waals surface area contributed by atoms with E-state index < -0.39 is 0 Å². The molecule has 1 rings (SSSR count). The van der Waals surface area contributed by atoms with E-state index in [2.05, 4.69) is 23.8 Å². The molecule has 15 heavy (non-hydrogen) atoms. The molecule has 1 atom stereocenters. The minimum Gasteiger partial charge on any atom is -0.370 e. The average Bonchev–Trinajstić information content (AvgIpc) is 2.60. The number of aliphatic imine (C=N–C) groups is 1. The first-order valence-electron chi connectivity index (χ1n) is 4.90. The molecular weight excluding hydrogens is 208 g/mol. The highest BCUT2D eigenvalue weighted by atomic mass is 32.1. The highest BCUT2D eigenvalue weighted by molar-refractivity contribution is 7.11. The smallest absolute Gasteiger partial charge is 0.190 e. The summed E-state index contributed by atoms with van der Waals surface area (Å²) in [6, 6.07) is 0. The quantitative estimate of drug-likeness (QED) is 0.626. The van der Waals surface area contributed by atoms with E-state index in [-0.39, 0.29) is 0 Å². The fourth-order valence-corrected chi connectivity index (χ4v) is 1.87. The van der Waals surface area contributed by atoms with Gasteiger partial charge in [-0.25, -0.2) is 4.98 Å². The summed E-state index contributed by atoms with van der Waals surface area (Å²) in [7, 11) is 3.77. The summed E-state index contributed by atoms with van der Waals surface area (Å²) in [5, 5.41) is 1.13. The Morgan fingerprint density at radius 2 is 2.33 bits per heavy atom. The molecule has 2 N–H and O–H groups in total. The number of rotatable bonds is 3. The molecular formula is C10H18N4S. The van der Waals surface area contributed by atoms with Crippen LogP contribution in [0.4, 0.5) is 0 Å². The summed E-state index contributed by atoms with van der Waals surface area (Å²) in [5.74, 6) is 0.900. The maximum absolute atomic E-state index is 5.71. The summed E-state index contributed by atoms with van der Waals surface area (Å²) in [5.41, 5.74) is 5.71. The molecule has 5 heteroatoms. The number of thiazole rings is 1. The maximum Gasteiger partial charge on any atom is 0.190 e. The van der Waals surface area contributed by atoms with Gasteiger partial charge in [-0.05, 0) is 6.92 Å². The molecule has 0 bridgehead atoms. The van der Waals surface area contributed by atoms with Gasteiger partial charge in [0.25, 0.3) is 0 Å². The van der Waals surface area contributed by atoms with Gasteiger partial charge in [-0.1, -0.05) is 6.92 Å². The zero-order chi connectivity index (χ0) is 11.4. The Labute approximate surface area is 94.8 Å². The number of aromatic nitrogens is 1. The van der Waals surface area contributed by atoms with Crippen LogP contribution >= 0.6 is 11.3 Å². The monoisotopic (exact) mass is 226 g/mol. The molecule has 4 nitrogen and oxygen atoms in total. The number of hydrogen-bond donors (Lipinski definition) is 1. The second-order valence-electron chi connectivity index (χ2n) is 3.80. The highest BCUT2D eigenvalue weighted by Crippen LogP contribution is 2.21. The van der Waals surface area contributed by atoms with Gasteiger partial charge in [0, 0.05) is 31.1 Å². The van der Waals surface area contributed by atoms with Gasteiger partial charge < -0.3 is 10.6 Å². The number of nitrogens with zero attached hydrogens (tertiary/aromatic N) is 3. The average molecular weight is 226 g/mol. The summed E-state index contributed by atoms with van der Waals surface area (Å²) < 4.78 is 0. The lowest BCUT2D eigenvalue weighted by atomic mass is 10.2. The first kappa shape index (κ1) is 12.0. The predicted molar refractivity (Wildman–Crippen MR) is 65.4 cm³/mol.